The lowest BCUT2D eigenvalue weighted by molar-refractivity contribution is -0.0366. The number of hydrogen-bond acceptors (Lipinski definition) is 2. The standard InChI is InChI=1S/C18H19BrN2O/c19-18-14-10-20-21(16-3-1-2-8-22-16)15(14)9-12-6-7-13(17(12)18)11-4-5-11/h7,9-11,16H,1-6,8H2. The molecule has 0 spiro atoms. The second-order valence-electron chi connectivity index (χ2n) is 6.71. The normalized spacial score (nSPS) is 24.6. The highest BCUT2D eigenvalue weighted by molar-refractivity contribution is 9.10. The van der Waals surface area contributed by atoms with Crippen LogP contribution in [0, 0.1) is 5.92 Å². The van der Waals surface area contributed by atoms with Crippen molar-refractivity contribution >= 4 is 32.4 Å². The van der Waals surface area contributed by atoms with Crippen molar-refractivity contribution in [3.8, 4) is 0 Å². The molecule has 2 aliphatic carbocycles. The molecule has 0 amide bonds. The Morgan fingerprint density at radius 1 is 1.23 bits per heavy atom. The topological polar surface area (TPSA) is 27.1 Å². The Labute approximate surface area is 138 Å². The first kappa shape index (κ1) is 13.3. The van der Waals surface area contributed by atoms with Crippen LogP contribution in [0.15, 0.2) is 22.8 Å². The third kappa shape index (κ3) is 1.93. The summed E-state index contributed by atoms with van der Waals surface area (Å²) in [5.41, 5.74) is 5.66. The smallest absolute Gasteiger partial charge is 0.150 e. The highest BCUT2D eigenvalue weighted by Crippen LogP contribution is 2.49. The fourth-order valence-electron chi connectivity index (χ4n) is 3.90. The van der Waals surface area contributed by atoms with Crippen LogP contribution in [0.25, 0.3) is 16.5 Å². The lowest BCUT2D eigenvalue weighted by Crippen LogP contribution is -2.19. The Bertz CT molecular complexity index is 782. The first-order valence-corrected chi connectivity index (χ1v) is 9.13. The Morgan fingerprint density at radius 3 is 2.91 bits per heavy atom. The molecular weight excluding hydrogens is 340 g/mol. The number of aromatic nitrogens is 2. The Hall–Kier alpha value is -1.13. The van der Waals surface area contributed by atoms with Gasteiger partial charge in [-0.1, -0.05) is 6.08 Å². The maximum absolute atomic E-state index is 5.93. The monoisotopic (exact) mass is 358 g/mol. The van der Waals surface area contributed by atoms with Crippen LogP contribution >= 0.6 is 15.9 Å². The van der Waals surface area contributed by atoms with E-state index in [4.69, 9.17) is 4.74 Å². The molecule has 3 aliphatic rings. The van der Waals surface area contributed by atoms with Gasteiger partial charge in [0.25, 0.3) is 0 Å². The van der Waals surface area contributed by atoms with Gasteiger partial charge in [-0.2, -0.15) is 5.10 Å². The van der Waals surface area contributed by atoms with E-state index in [1.165, 1.54) is 52.2 Å². The number of benzene rings is 1. The lowest BCUT2D eigenvalue weighted by Gasteiger charge is -2.23. The summed E-state index contributed by atoms with van der Waals surface area (Å²) in [5.74, 6) is 0.798. The van der Waals surface area contributed by atoms with Gasteiger partial charge in [-0.05, 0) is 83.1 Å². The zero-order chi connectivity index (χ0) is 14.7. The summed E-state index contributed by atoms with van der Waals surface area (Å²) in [6.07, 6.45) is 11.8. The molecule has 3 nitrogen and oxygen atoms in total. The highest BCUT2D eigenvalue weighted by atomic mass is 79.9. The number of nitrogens with zero attached hydrogens (tertiary/aromatic N) is 2. The molecule has 2 fully saturated rings. The quantitative estimate of drug-likeness (QED) is 0.767. The van der Waals surface area contributed by atoms with E-state index in [-0.39, 0.29) is 6.23 Å². The largest absolute Gasteiger partial charge is 0.356 e. The number of ether oxygens (including phenoxy) is 1. The van der Waals surface area contributed by atoms with Crippen LogP contribution < -0.4 is 0 Å². The van der Waals surface area contributed by atoms with Crippen molar-refractivity contribution < 1.29 is 4.74 Å². The van der Waals surface area contributed by atoms with Gasteiger partial charge >= 0.3 is 0 Å². The summed E-state index contributed by atoms with van der Waals surface area (Å²) in [4.78, 5) is 0. The minimum absolute atomic E-state index is 0.105. The molecule has 1 saturated heterocycles. The molecule has 1 aromatic carbocycles. The first-order valence-electron chi connectivity index (χ1n) is 8.33. The van der Waals surface area contributed by atoms with Crippen molar-refractivity contribution in [2.75, 3.05) is 6.61 Å². The second kappa shape index (κ2) is 4.93. The zero-order valence-corrected chi connectivity index (χ0v) is 14.1. The Kier molecular flexibility index (Phi) is 2.99. The van der Waals surface area contributed by atoms with Gasteiger partial charge in [0.2, 0.25) is 0 Å². The lowest BCUT2D eigenvalue weighted by atomic mass is 10.0. The van der Waals surface area contributed by atoms with E-state index in [2.05, 4.69) is 37.9 Å². The molecule has 1 unspecified atom stereocenters. The van der Waals surface area contributed by atoms with Gasteiger partial charge in [0.15, 0.2) is 6.23 Å². The average molecular weight is 359 g/mol. The van der Waals surface area contributed by atoms with Crippen LogP contribution in [-0.4, -0.2) is 16.4 Å². The van der Waals surface area contributed by atoms with E-state index in [0.717, 1.165) is 25.4 Å². The number of rotatable bonds is 2. The van der Waals surface area contributed by atoms with E-state index in [0.29, 0.717) is 0 Å². The fourth-order valence-corrected chi connectivity index (χ4v) is 4.69. The molecular formula is C18H19BrN2O. The molecule has 22 heavy (non-hydrogen) atoms. The SMILES string of the molecule is Brc1c2c(cc3c1cnn3C1CCCCO1)CC=C2C1CC1. The minimum atomic E-state index is 0.105. The Morgan fingerprint density at radius 2 is 2.14 bits per heavy atom. The van der Waals surface area contributed by atoms with E-state index in [9.17, 15) is 0 Å². The molecule has 0 bridgehead atoms. The molecule has 1 saturated carbocycles. The molecule has 5 rings (SSSR count). The van der Waals surface area contributed by atoms with Crippen LogP contribution in [0.2, 0.25) is 0 Å². The molecule has 2 aromatic rings. The third-order valence-electron chi connectivity index (χ3n) is 5.20. The van der Waals surface area contributed by atoms with Gasteiger partial charge in [0, 0.05) is 16.5 Å². The third-order valence-corrected chi connectivity index (χ3v) is 6.02. The Balaban J connectivity index is 1.64. The molecule has 2 heterocycles. The molecule has 0 radical (unpaired) electrons. The van der Waals surface area contributed by atoms with Gasteiger partial charge in [-0.3, -0.25) is 0 Å². The summed E-state index contributed by atoms with van der Waals surface area (Å²) in [6, 6.07) is 2.34. The van der Waals surface area contributed by atoms with Crippen molar-refractivity contribution in [3.05, 3.63) is 33.9 Å². The fraction of sp³-hybridized carbons (Fsp3) is 0.500. The number of halogens is 1. The van der Waals surface area contributed by atoms with Crippen molar-refractivity contribution in [2.45, 2.75) is 44.8 Å². The van der Waals surface area contributed by atoms with Crippen molar-refractivity contribution in [1.82, 2.24) is 9.78 Å². The molecule has 0 N–H and O–H groups in total. The van der Waals surface area contributed by atoms with Gasteiger partial charge in [-0.15, -0.1) is 0 Å². The van der Waals surface area contributed by atoms with Crippen LogP contribution in [0.5, 0.6) is 0 Å². The van der Waals surface area contributed by atoms with E-state index in [1.54, 1.807) is 5.57 Å². The summed E-state index contributed by atoms with van der Waals surface area (Å²) in [7, 11) is 0. The number of hydrogen-bond donors (Lipinski definition) is 0. The average Bonchev–Trinajstić information content (AvgIpc) is 3.16. The summed E-state index contributed by atoms with van der Waals surface area (Å²) < 4.78 is 9.26. The van der Waals surface area contributed by atoms with Crippen molar-refractivity contribution in [3.63, 3.8) is 0 Å². The maximum atomic E-state index is 5.93. The first-order chi connectivity index (χ1) is 10.8. The van der Waals surface area contributed by atoms with Crippen LogP contribution in [-0.2, 0) is 11.2 Å². The number of allylic oxidation sites excluding steroid dienone is 2. The molecule has 1 atom stereocenters. The van der Waals surface area contributed by atoms with Gasteiger partial charge in [-0.25, -0.2) is 4.68 Å². The minimum Gasteiger partial charge on any atom is -0.356 e. The van der Waals surface area contributed by atoms with Crippen LogP contribution in [0.3, 0.4) is 0 Å². The van der Waals surface area contributed by atoms with Gasteiger partial charge < -0.3 is 4.74 Å². The molecule has 1 aliphatic heterocycles. The van der Waals surface area contributed by atoms with Gasteiger partial charge in [0.1, 0.15) is 0 Å². The second-order valence-corrected chi connectivity index (χ2v) is 7.50. The van der Waals surface area contributed by atoms with E-state index in [1.807, 2.05) is 6.20 Å². The van der Waals surface area contributed by atoms with E-state index >= 15 is 0 Å². The maximum Gasteiger partial charge on any atom is 0.150 e. The van der Waals surface area contributed by atoms with Crippen molar-refractivity contribution in [1.29, 1.82) is 0 Å². The summed E-state index contributed by atoms with van der Waals surface area (Å²) in [5, 5.41) is 5.87. The van der Waals surface area contributed by atoms with E-state index < -0.39 is 0 Å². The van der Waals surface area contributed by atoms with Crippen molar-refractivity contribution in [2.24, 2.45) is 5.92 Å². The summed E-state index contributed by atoms with van der Waals surface area (Å²) in [6.45, 7) is 0.853. The number of fused-ring (bicyclic) bond motifs is 2. The highest BCUT2D eigenvalue weighted by Gasteiger charge is 2.33. The van der Waals surface area contributed by atoms with Gasteiger partial charge in [0.05, 0.1) is 11.7 Å². The van der Waals surface area contributed by atoms with Crippen LogP contribution in [0.4, 0.5) is 0 Å². The molecule has 114 valence electrons. The van der Waals surface area contributed by atoms with Crippen LogP contribution in [0.1, 0.15) is 49.5 Å². The zero-order valence-electron chi connectivity index (χ0n) is 12.5. The summed E-state index contributed by atoms with van der Waals surface area (Å²) >= 11 is 3.87. The predicted molar refractivity (Wildman–Crippen MR) is 90.7 cm³/mol. The molecule has 4 heteroatoms. The molecule has 1 aromatic heterocycles. The predicted octanol–water partition coefficient (Wildman–Crippen LogP) is 4.85.